The molecule has 3 heterocycles. The molecule has 1 saturated heterocycles. The minimum Gasteiger partial charge on any atom is -0.458 e. The summed E-state index contributed by atoms with van der Waals surface area (Å²) in [5.41, 5.74) is 2.66. The summed E-state index contributed by atoms with van der Waals surface area (Å²) in [6.07, 6.45) is 1.31. The number of benzene rings is 3. The Bertz CT molecular complexity index is 1730. The molecular weight excluding hydrogens is 585 g/mol. The first-order valence-electron chi connectivity index (χ1n) is 15.4. The maximum absolute atomic E-state index is 14.3. The average Bonchev–Trinajstić information content (AvgIpc) is 3.73. The van der Waals surface area contributed by atoms with E-state index >= 15 is 0 Å². The van der Waals surface area contributed by atoms with E-state index in [1.807, 2.05) is 55.5 Å². The Labute approximate surface area is 266 Å². The zero-order valence-electron chi connectivity index (χ0n) is 25.6. The van der Waals surface area contributed by atoms with Gasteiger partial charge < -0.3 is 14.6 Å². The van der Waals surface area contributed by atoms with Crippen LogP contribution in [0.2, 0.25) is 0 Å². The summed E-state index contributed by atoms with van der Waals surface area (Å²) >= 11 is 0. The van der Waals surface area contributed by atoms with Crippen LogP contribution in [0.15, 0.2) is 101 Å². The van der Waals surface area contributed by atoms with E-state index in [1.165, 1.54) is 22.5 Å². The molecule has 46 heavy (non-hydrogen) atoms. The fourth-order valence-corrected chi connectivity index (χ4v) is 5.89. The zero-order valence-corrected chi connectivity index (χ0v) is 25.6. The number of rotatable bonds is 11. The summed E-state index contributed by atoms with van der Waals surface area (Å²) in [6.45, 7) is 4.16. The van der Waals surface area contributed by atoms with Crippen molar-refractivity contribution >= 4 is 11.8 Å². The van der Waals surface area contributed by atoms with Crippen molar-refractivity contribution < 1.29 is 18.4 Å². The Kier molecular flexibility index (Phi) is 9.59. The van der Waals surface area contributed by atoms with Crippen molar-refractivity contribution in [1.29, 1.82) is 0 Å². The number of piperidine rings is 1. The number of aromatic nitrogens is 4. The van der Waals surface area contributed by atoms with Gasteiger partial charge in [-0.3, -0.25) is 14.5 Å². The van der Waals surface area contributed by atoms with Gasteiger partial charge in [0.1, 0.15) is 24.2 Å². The molecule has 1 fully saturated rings. The molecule has 0 saturated carbocycles. The van der Waals surface area contributed by atoms with Crippen LogP contribution in [0.25, 0.3) is 11.6 Å². The highest BCUT2D eigenvalue weighted by Gasteiger charge is 2.38. The number of tetrazole rings is 1. The van der Waals surface area contributed by atoms with E-state index in [0.717, 1.165) is 25.2 Å². The molecule has 1 unspecified atom stereocenters. The molecule has 2 amide bonds. The maximum atomic E-state index is 14.3. The quantitative estimate of drug-likeness (QED) is 0.223. The molecule has 0 radical (unpaired) electrons. The first-order valence-corrected chi connectivity index (χ1v) is 15.4. The van der Waals surface area contributed by atoms with Crippen LogP contribution in [0.3, 0.4) is 0 Å². The molecule has 2 aromatic heterocycles. The van der Waals surface area contributed by atoms with Crippen LogP contribution >= 0.6 is 0 Å². The molecule has 1 aliphatic heterocycles. The molecule has 0 spiro atoms. The third-order valence-electron chi connectivity index (χ3n) is 8.20. The number of aryl methyl sites for hydroxylation is 1. The Morgan fingerprint density at radius 2 is 1.61 bits per heavy atom. The van der Waals surface area contributed by atoms with Gasteiger partial charge in [-0.2, -0.15) is 4.80 Å². The average molecular weight is 622 g/mol. The van der Waals surface area contributed by atoms with Gasteiger partial charge in [0.15, 0.2) is 5.76 Å². The van der Waals surface area contributed by atoms with Gasteiger partial charge >= 0.3 is 0 Å². The summed E-state index contributed by atoms with van der Waals surface area (Å²) in [6, 6.07) is 27.9. The minimum absolute atomic E-state index is 0.236. The first-order chi connectivity index (χ1) is 22.4. The normalized spacial score (nSPS) is 14.6. The SMILES string of the molecule is Cc1ccc(-c2nnn(CC(=O)N(C3CCN(Cc4ccccc4)CC3)C(C(=O)NCc3ccccc3)c3ccc(F)cc3)n2)o1. The molecule has 6 rings (SSSR count). The highest BCUT2D eigenvalue weighted by atomic mass is 19.1. The predicted molar refractivity (Wildman–Crippen MR) is 169 cm³/mol. The monoisotopic (exact) mass is 621 g/mol. The van der Waals surface area contributed by atoms with Gasteiger partial charge in [0.25, 0.3) is 0 Å². The Morgan fingerprint density at radius 1 is 0.935 bits per heavy atom. The maximum Gasteiger partial charge on any atom is 0.247 e. The second-order valence-corrected chi connectivity index (χ2v) is 11.5. The Balaban J connectivity index is 1.28. The molecule has 3 aromatic carbocycles. The highest BCUT2D eigenvalue weighted by Crippen LogP contribution is 2.30. The van der Waals surface area contributed by atoms with E-state index in [1.54, 1.807) is 29.2 Å². The van der Waals surface area contributed by atoms with Crippen molar-refractivity contribution in [2.45, 2.75) is 51.5 Å². The van der Waals surface area contributed by atoms with E-state index in [2.05, 4.69) is 37.8 Å². The van der Waals surface area contributed by atoms with Gasteiger partial charge in [-0.1, -0.05) is 72.8 Å². The number of carbonyl (C=O) groups excluding carboxylic acids is 2. The fourth-order valence-electron chi connectivity index (χ4n) is 5.89. The third kappa shape index (κ3) is 7.55. The summed E-state index contributed by atoms with van der Waals surface area (Å²) in [5.74, 6) is 0.294. The van der Waals surface area contributed by atoms with Crippen molar-refractivity contribution in [3.8, 4) is 11.6 Å². The van der Waals surface area contributed by atoms with Crippen LogP contribution in [0.4, 0.5) is 4.39 Å². The smallest absolute Gasteiger partial charge is 0.247 e. The lowest BCUT2D eigenvalue weighted by molar-refractivity contribution is -0.145. The Hall–Kier alpha value is -5.16. The third-order valence-corrected chi connectivity index (χ3v) is 8.20. The van der Waals surface area contributed by atoms with Gasteiger partial charge in [0.05, 0.1) is 0 Å². The lowest BCUT2D eigenvalue weighted by Gasteiger charge is -2.42. The number of carbonyl (C=O) groups is 2. The van der Waals surface area contributed by atoms with Crippen LogP contribution in [-0.2, 0) is 29.2 Å². The first kappa shape index (κ1) is 30.8. The van der Waals surface area contributed by atoms with Crippen molar-refractivity contribution in [1.82, 2.24) is 35.3 Å². The second-order valence-electron chi connectivity index (χ2n) is 11.5. The zero-order chi connectivity index (χ0) is 31.9. The number of amides is 2. The lowest BCUT2D eigenvalue weighted by Crippen LogP contribution is -2.53. The summed E-state index contributed by atoms with van der Waals surface area (Å²) in [7, 11) is 0. The standard InChI is InChI=1S/C35H36FN7O3/c1-25-12-17-31(46-25)34-38-40-42(39-34)24-32(44)43(30-18-20-41(21-19-30)23-27-10-6-3-7-11-27)33(28-13-15-29(36)16-14-28)35(45)37-22-26-8-4-2-5-9-26/h2-17,30,33H,18-24H2,1H3,(H,37,45). The number of halogens is 1. The summed E-state index contributed by atoms with van der Waals surface area (Å²) in [5, 5.41) is 15.6. The van der Waals surface area contributed by atoms with Gasteiger partial charge in [-0.15, -0.1) is 10.2 Å². The van der Waals surface area contributed by atoms with Gasteiger partial charge in [0.2, 0.25) is 17.6 Å². The van der Waals surface area contributed by atoms with E-state index in [-0.39, 0.29) is 36.8 Å². The summed E-state index contributed by atoms with van der Waals surface area (Å²) in [4.78, 5) is 33.6. The van der Waals surface area contributed by atoms with Crippen LogP contribution in [0.5, 0.6) is 0 Å². The largest absolute Gasteiger partial charge is 0.458 e. The Morgan fingerprint density at radius 3 is 2.26 bits per heavy atom. The molecule has 1 atom stereocenters. The van der Waals surface area contributed by atoms with E-state index in [0.29, 0.717) is 29.9 Å². The van der Waals surface area contributed by atoms with Crippen LogP contribution < -0.4 is 5.32 Å². The molecule has 1 N–H and O–H groups in total. The number of hydrogen-bond acceptors (Lipinski definition) is 7. The summed E-state index contributed by atoms with van der Waals surface area (Å²) < 4.78 is 19.7. The van der Waals surface area contributed by atoms with Crippen LogP contribution in [0, 0.1) is 12.7 Å². The van der Waals surface area contributed by atoms with Crippen LogP contribution in [0.1, 0.15) is 41.3 Å². The van der Waals surface area contributed by atoms with Gasteiger partial charge in [0, 0.05) is 32.2 Å². The number of nitrogens with zero attached hydrogens (tertiary/aromatic N) is 6. The number of hydrogen-bond donors (Lipinski definition) is 1. The molecule has 0 aliphatic carbocycles. The van der Waals surface area contributed by atoms with Crippen molar-refractivity contribution in [3.05, 3.63) is 125 Å². The minimum atomic E-state index is -1.00. The van der Waals surface area contributed by atoms with E-state index in [9.17, 15) is 14.0 Å². The van der Waals surface area contributed by atoms with E-state index in [4.69, 9.17) is 4.42 Å². The topological polar surface area (TPSA) is 109 Å². The molecule has 10 nitrogen and oxygen atoms in total. The second kappa shape index (κ2) is 14.3. The molecule has 11 heteroatoms. The molecule has 1 aliphatic rings. The lowest BCUT2D eigenvalue weighted by atomic mass is 9.96. The number of nitrogens with one attached hydrogen (secondary N) is 1. The van der Waals surface area contributed by atoms with E-state index < -0.39 is 11.9 Å². The van der Waals surface area contributed by atoms with Gasteiger partial charge in [-0.25, -0.2) is 4.39 Å². The van der Waals surface area contributed by atoms with Crippen LogP contribution in [-0.4, -0.2) is 61.0 Å². The molecule has 236 valence electrons. The fraction of sp³-hybridized carbons (Fsp3) is 0.286. The number of furan rings is 1. The van der Waals surface area contributed by atoms with Crippen molar-refractivity contribution in [3.63, 3.8) is 0 Å². The molecule has 0 bridgehead atoms. The van der Waals surface area contributed by atoms with Crippen molar-refractivity contribution in [2.24, 2.45) is 0 Å². The number of likely N-dealkylation sites (tertiary alicyclic amines) is 1. The predicted octanol–water partition coefficient (Wildman–Crippen LogP) is 4.93. The molecular formula is C35H36FN7O3. The van der Waals surface area contributed by atoms with Crippen molar-refractivity contribution in [2.75, 3.05) is 13.1 Å². The van der Waals surface area contributed by atoms with Gasteiger partial charge in [-0.05, 0) is 65.9 Å². The molecule has 5 aromatic rings. The highest BCUT2D eigenvalue weighted by molar-refractivity contribution is 5.89.